The van der Waals surface area contributed by atoms with E-state index in [0.717, 1.165) is 12.0 Å². The fourth-order valence-electron chi connectivity index (χ4n) is 3.38. The molecule has 6 heteroatoms. The fourth-order valence-corrected chi connectivity index (χ4v) is 3.38. The number of phenols is 1. The number of carbonyl (C=O) groups is 2. The van der Waals surface area contributed by atoms with E-state index in [9.17, 15) is 14.7 Å². The average Bonchev–Trinajstić information content (AvgIpc) is 2.80. The molecule has 0 aliphatic rings. The van der Waals surface area contributed by atoms with Gasteiger partial charge in [-0.1, -0.05) is 37.6 Å². The number of nitrogens with zero attached hydrogens (tertiary/aromatic N) is 1. The van der Waals surface area contributed by atoms with E-state index in [1.54, 1.807) is 42.5 Å². The molecule has 0 spiro atoms. The highest BCUT2D eigenvalue weighted by atomic mass is 16.5. The van der Waals surface area contributed by atoms with Gasteiger partial charge in [-0.05, 0) is 49.7 Å². The van der Waals surface area contributed by atoms with Crippen LogP contribution in [0.15, 0.2) is 60.7 Å². The molecule has 3 aromatic rings. The van der Waals surface area contributed by atoms with Crippen molar-refractivity contribution in [1.82, 2.24) is 0 Å². The highest BCUT2D eigenvalue weighted by Gasteiger charge is 2.17. The van der Waals surface area contributed by atoms with E-state index in [-0.39, 0.29) is 29.6 Å². The molecule has 0 aliphatic carbocycles. The Kier molecular flexibility index (Phi) is 7.25. The Labute approximate surface area is 187 Å². The number of rotatable bonds is 8. The normalized spacial score (nSPS) is 10.3. The average molecular weight is 428 g/mol. The van der Waals surface area contributed by atoms with E-state index in [1.807, 2.05) is 25.1 Å². The summed E-state index contributed by atoms with van der Waals surface area (Å²) in [7, 11) is 0. The van der Waals surface area contributed by atoms with Gasteiger partial charge in [-0.15, -0.1) is 0 Å². The summed E-state index contributed by atoms with van der Waals surface area (Å²) in [6, 6.07) is 19.0. The maximum absolute atomic E-state index is 12.7. The van der Waals surface area contributed by atoms with Gasteiger partial charge in [0.2, 0.25) is 0 Å². The lowest BCUT2D eigenvalue weighted by Crippen LogP contribution is -2.14. The molecular weight excluding hydrogens is 404 g/mol. The SMILES string of the molecule is CCCc1c(OCc2ccccc2NC(=O)c2cccc(C#N)c2)ccc(C(C)=O)c1O. The van der Waals surface area contributed by atoms with Crippen LogP contribution in [0.25, 0.3) is 0 Å². The van der Waals surface area contributed by atoms with Gasteiger partial charge in [0.05, 0.1) is 17.2 Å². The number of aromatic hydroxyl groups is 1. The van der Waals surface area contributed by atoms with E-state index in [2.05, 4.69) is 5.32 Å². The number of Topliss-reactive ketones (excluding diaryl/α,β-unsaturated/α-hetero) is 1. The van der Waals surface area contributed by atoms with Gasteiger partial charge in [0.25, 0.3) is 5.91 Å². The van der Waals surface area contributed by atoms with Crippen molar-refractivity contribution in [1.29, 1.82) is 5.26 Å². The van der Waals surface area contributed by atoms with Crippen molar-refractivity contribution in [3.63, 3.8) is 0 Å². The Hall–Kier alpha value is -4.11. The molecule has 0 radical (unpaired) electrons. The molecule has 0 heterocycles. The summed E-state index contributed by atoms with van der Waals surface area (Å²) < 4.78 is 5.99. The number of para-hydroxylation sites is 1. The molecule has 162 valence electrons. The number of carbonyl (C=O) groups excluding carboxylic acids is 2. The number of phenolic OH excluding ortho intramolecular Hbond substituents is 1. The molecule has 3 rings (SSSR count). The van der Waals surface area contributed by atoms with Crippen LogP contribution >= 0.6 is 0 Å². The molecule has 0 atom stereocenters. The molecule has 1 amide bonds. The molecule has 2 N–H and O–H groups in total. The van der Waals surface area contributed by atoms with Gasteiger partial charge in [0, 0.05) is 22.4 Å². The Morgan fingerprint density at radius 2 is 1.88 bits per heavy atom. The van der Waals surface area contributed by atoms with Crippen molar-refractivity contribution in [3.8, 4) is 17.6 Å². The van der Waals surface area contributed by atoms with E-state index in [0.29, 0.717) is 34.5 Å². The minimum atomic E-state index is -0.329. The lowest BCUT2D eigenvalue weighted by molar-refractivity contribution is 0.101. The molecule has 6 nitrogen and oxygen atoms in total. The van der Waals surface area contributed by atoms with Crippen molar-refractivity contribution in [2.24, 2.45) is 0 Å². The van der Waals surface area contributed by atoms with Crippen LogP contribution in [0.2, 0.25) is 0 Å². The maximum atomic E-state index is 12.7. The van der Waals surface area contributed by atoms with E-state index >= 15 is 0 Å². The number of nitrogens with one attached hydrogen (secondary N) is 1. The Morgan fingerprint density at radius 1 is 1.09 bits per heavy atom. The van der Waals surface area contributed by atoms with E-state index in [4.69, 9.17) is 10.00 Å². The van der Waals surface area contributed by atoms with Gasteiger partial charge in [-0.3, -0.25) is 9.59 Å². The van der Waals surface area contributed by atoms with Crippen molar-refractivity contribution in [2.75, 3.05) is 5.32 Å². The van der Waals surface area contributed by atoms with Crippen molar-refractivity contribution in [3.05, 3.63) is 88.5 Å². The highest BCUT2D eigenvalue weighted by molar-refractivity contribution is 6.04. The van der Waals surface area contributed by atoms with Gasteiger partial charge in [0.1, 0.15) is 18.1 Å². The third kappa shape index (κ3) is 5.13. The first-order valence-electron chi connectivity index (χ1n) is 10.3. The number of amides is 1. The molecule has 3 aromatic carbocycles. The second kappa shape index (κ2) is 10.3. The van der Waals surface area contributed by atoms with Crippen LogP contribution in [-0.4, -0.2) is 16.8 Å². The highest BCUT2D eigenvalue weighted by Crippen LogP contribution is 2.33. The maximum Gasteiger partial charge on any atom is 0.255 e. The van der Waals surface area contributed by atoms with Crippen LogP contribution in [0, 0.1) is 11.3 Å². The van der Waals surface area contributed by atoms with Gasteiger partial charge >= 0.3 is 0 Å². The molecule has 0 aromatic heterocycles. The molecule has 0 saturated heterocycles. The Morgan fingerprint density at radius 3 is 2.59 bits per heavy atom. The summed E-state index contributed by atoms with van der Waals surface area (Å²) in [5.41, 5.74) is 2.99. The fraction of sp³-hybridized carbons (Fsp3) is 0.192. The summed E-state index contributed by atoms with van der Waals surface area (Å²) in [4.78, 5) is 24.4. The monoisotopic (exact) mass is 428 g/mol. The first-order chi connectivity index (χ1) is 15.4. The zero-order chi connectivity index (χ0) is 23.1. The Balaban J connectivity index is 1.81. The number of ether oxygens (including phenoxy) is 1. The number of benzene rings is 3. The number of hydrogen-bond acceptors (Lipinski definition) is 5. The standard InChI is InChI=1S/C26H24N2O4/c1-3-7-22-24(13-12-21(17(2)29)25(22)30)32-16-20-9-4-5-11-23(20)28-26(31)19-10-6-8-18(14-19)15-27/h4-6,8-14,30H,3,7,16H2,1-2H3,(H,28,31). The predicted octanol–water partition coefficient (Wildman–Crippen LogP) is 5.25. The summed E-state index contributed by atoms with van der Waals surface area (Å²) >= 11 is 0. The number of nitriles is 1. The lowest BCUT2D eigenvalue weighted by atomic mass is 10.0. The largest absolute Gasteiger partial charge is 0.507 e. The minimum Gasteiger partial charge on any atom is -0.507 e. The third-order valence-electron chi connectivity index (χ3n) is 5.02. The van der Waals surface area contributed by atoms with Gasteiger partial charge in [-0.25, -0.2) is 0 Å². The summed E-state index contributed by atoms with van der Waals surface area (Å²) in [5.74, 6) is -0.0855. The lowest BCUT2D eigenvalue weighted by Gasteiger charge is -2.16. The number of ketones is 1. The van der Waals surface area contributed by atoms with Crippen molar-refractivity contribution < 1.29 is 19.4 Å². The van der Waals surface area contributed by atoms with Crippen LogP contribution in [0.1, 0.15) is 57.7 Å². The van der Waals surface area contributed by atoms with Gasteiger partial charge in [0.15, 0.2) is 5.78 Å². The number of hydrogen-bond donors (Lipinski definition) is 2. The summed E-state index contributed by atoms with van der Waals surface area (Å²) in [6.45, 7) is 3.55. The van der Waals surface area contributed by atoms with Crippen molar-refractivity contribution >= 4 is 17.4 Å². The first-order valence-corrected chi connectivity index (χ1v) is 10.3. The molecule has 0 unspecified atom stereocenters. The molecule has 32 heavy (non-hydrogen) atoms. The predicted molar refractivity (Wildman–Crippen MR) is 122 cm³/mol. The van der Waals surface area contributed by atoms with Crippen LogP contribution in [0.3, 0.4) is 0 Å². The zero-order valence-corrected chi connectivity index (χ0v) is 18.0. The molecule has 0 aliphatic heterocycles. The van der Waals surface area contributed by atoms with Crippen molar-refractivity contribution in [2.45, 2.75) is 33.3 Å². The topological polar surface area (TPSA) is 99.4 Å². The third-order valence-corrected chi connectivity index (χ3v) is 5.02. The smallest absolute Gasteiger partial charge is 0.255 e. The number of anilines is 1. The molecule has 0 bridgehead atoms. The molecular formula is C26H24N2O4. The summed E-state index contributed by atoms with van der Waals surface area (Å²) in [6.07, 6.45) is 1.34. The van der Waals surface area contributed by atoms with Crippen LogP contribution in [0.4, 0.5) is 5.69 Å². The van der Waals surface area contributed by atoms with E-state index in [1.165, 1.54) is 13.0 Å². The quantitative estimate of drug-likeness (QED) is 0.477. The van der Waals surface area contributed by atoms with Crippen LogP contribution in [0.5, 0.6) is 11.5 Å². The second-order valence-electron chi connectivity index (χ2n) is 7.34. The van der Waals surface area contributed by atoms with Crippen LogP contribution < -0.4 is 10.1 Å². The Bertz CT molecular complexity index is 1190. The second-order valence-corrected chi connectivity index (χ2v) is 7.34. The van der Waals surface area contributed by atoms with Crippen LogP contribution in [-0.2, 0) is 13.0 Å². The molecule has 0 fully saturated rings. The minimum absolute atomic E-state index is 0.0455. The first kappa shape index (κ1) is 22.6. The van der Waals surface area contributed by atoms with Gasteiger partial charge < -0.3 is 15.2 Å². The zero-order valence-electron chi connectivity index (χ0n) is 18.0. The summed E-state index contributed by atoms with van der Waals surface area (Å²) in [5, 5.41) is 22.4. The van der Waals surface area contributed by atoms with E-state index < -0.39 is 0 Å². The van der Waals surface area contributed by atoms with Gasteiger partial charge in [-0.2, -0.15) is 5.26 Å². The molecule has 0 saturated carbocycles.